The van der Waals surface area contributed by atoms with Crippen molar-refractivity contribution in [2.45, 2.75) is 110 Å². The Labute approximate surface area is 184 Å². The van der Waals surface area contributed by atoms with E-state index in [-0.39, 0.29) is 65.9 Å². The fraction of sp³-hybridized carbons (Fsp3) is 0.818. The second kappa shape index (κ2) is 16.6. The van der Waals surface area contributed by atoms with Crippen LogP contribution in [0.3, 0.4) is 0 Å². The Morgan fingerprint density at radius 1 is 0.778 bits per heavy atom. The third-order valence-electron chi connectivity index (χ3n) is 5.17. The zero-order valence-corrected chi connectivity index (χ0v) is 20.3. The minimum Gasteiger partial charge on any atom is -0.358 e. The van der Waals surface area contributed by atoms with Crippen molar-refractivity contribution in [3.63, 3.8) is 0 Å². The van der Waals surface area contributed by atoms with Crippen LogP contribution in [0.4, 0.5) is 0 Å². The van der Waals surface area contributed by atoms with E-state index in [1.807, 2.05) is 13.8 Å². The number of hydrogen-bond donors (Lipinski definition) is 2. The van der Waals surface area contributed by atoms with Crippen molar-refractivity contribution in [3.05, 3.63) is 14.9 Å². The van der Waals surface area contributed by atoms with E-state index in [9.17, 15) is 9.59 Å². The Morgan fingerprint density at radius 2 is 1.15 bits per heavy atom. The van der Waals surface area contributed by atoms with E-state index in [2.05, 4.69) is 24.5 Å². The van der Waals surface area contributed by atoms with Gasteiger partial charge in [-0.15, -0.1) is 0 Å². The average Bonchev–Trinajstić information content (AvgIpc) is 2.47. The van der Waals surface area contributed by atoms with Crippen molar-refractivity contribution >= 4 is 11.8 Å². The van der Waals surface area contributed by atoms with Gasteiger partial charge in [-0.2, -0.15) is 0 Å². The summed E-state index contributed by atoms with van der Waals surface area (Å²) in [5, 5.41) is 6.47. The molecule has 0 aromatic heterocycles. The van der Waals surface area contributed by atoms with Crippen LogP contribution in [0, 0.1) is 20.3 Å². The first-order valence-corrected chi connectivity index (χ1v) is 10.1. The van der Waals surface area contributed by atoms with Crippen molar-refractivity contribution in [3.8, 4) is 0 Å². The van der Waals surface area contributed by atoms with E-state index < -0.39 is 0 Å². The SMILES string of the molecule is CCCC(=O)NC1CC(NC(=O)CCC)CC(CCC)(CCC)C1.[CH3-].[CH3-].[Ti+2]. The fourth-order valence-corrected chi connectivity index (χ4v) is 4.51. The van der Waals surface area contributed by atoms with E-state index >= 15 is 0 Å². The number of carbonyl (C=O) groups excluding carboxylic acids is 2. The minimum atomic E-state index is 0. The van der Waals surface area contributed by atoms with Gasteiger partial charge >= 0.3 is 21.7 Å². The predicted molar refractivity (Wildman–Crippen MR) is 113 cm³/mol. The monoisotopic (exact) mass is 416 g/mol. The summed E-state index contributed by atoms with van der Waals surface area (Å²) in [6, 6.07) is 0.394. The molecule has 158 valence electrons. The quantitative estimate of drug-likeness (QED) is 0.379. The number of hydrogen-bond acceptors (Lipinski definition) is 2. The maximum absolute atomic E-state index is 12.1. The number of carbonyl (C=O) groups is 2. The molecule has 1 aliphatic carbocycles. The van der Waals surface area contributed by atoms with Crippen LogP contribution in [0.25, 0.3) is 0 Å². The molecule has 1 fully saturated rings. The molecule has 4 nitrogen and oxygen atoms in total. The van der Waals surface area contributed by atoms with Gasteiger partial charge < -0.3 is 25.5 Å². The number of nitrogens with one attached hydrogen (secondary N) is 2. The Morgan fingerprint density at radius 3 is 1.44 bits per heavy atom. The summed E-state index contributed by atoms with van der Waals surface area (Å²) >= 11 is 0. The van der Waals surface area contributed by atoms with E-state index in [1.54, 1.807) is 0 Å². The van der Waals surface area contributed by atoms with Gasteiger partial charge in [0.05, 0.1) is 0 Å². The summed E-state index contributed by atoms with van der Waals surface area (Å²) in [5.41, 5.74) is 0.260. The third-order valence-corrected chi connectivity index (χ3v) is 5.17. The van der Waals surface area contributed by atoms with Gasteiger partial charge in [0.25, 0.3) is 0 Å². The van der Waals surface area contributed by atoms with Gasteiger partial charge in [-0.05, 0) is 50.4 Å². The van der Waals surface area contributed by atoms with Crippen molar-refractivity contribution in [2.24, 2.45) is 5.41 Å². The van der Waals surface area contributed by atoms with Gasteiger partial charge in [0.2, 0.25) is 11.8 Å². The summed E-state index contributed by atoms with van der Waals surface area (Å²) in [4.78, 5) is 24.1. The molecule has 1 rings (SSSR count). The molecule has 2 unspecified atom stereocenters. The molecular formula is C22H44N2O2Ti. The zero-order valence-electron chi connectivity index (χ0n) is 18.7. The van der Waals surface area contributed by atoms with E-state index in [0.717, 1.165) is 44.9 Å². The first-order chi connectivity index (χ1) is 11.5. The van der Waals surface area contributed by atoms with Crippen molar-refractivity contribution in [1.82, 2.24) is 10.6 Å². The molecule has 1 aliphatic rings. The van der Waals surface area contributed by atoms with Crippen LogP contribution in [-0.4, -0.2) is 23.9 Å². The topological polar surface area (TPSA) is 58.2 Å². The zero-order chi connectivity index (χ0) is 18.0. The van der Waals surface area contributed by atoms with Crippen molar-refractivity contribution in [2.75, 3.05) is 0 Å². The summed E-state index contributed by atoms with van der Waals surface area (Å²) < 4.78 is 0. The van der Waals surface area contributed by atoms with Crippen LogP contribution in [-0.2, 0) is 31.3 Å². The summed E-state index contributed by atoms with van der Waals surface area (Å²) in [7, 11) is 0. The number of amides is 2. The summed E-state index contributed by atoms with van der Waals surface area (Å²) in [6.45, 7) is 8.54. The average molecular weight is 416 g/mol. The van der Waals surface area contributed by atoms with Gasteiger partial charge in [-0.1, -0.05) is 40.5 Å². The van der Waals surface area contributed by atoms with Crippen LogP contribution in [0.5, 0.6) is 0 Å². The summed E-state index contributed by atoms with van der Waals surface area (Å²) in [5.74, 6) is 0.315. The van der Waals surface area contributed by atoms with Gasteiger partial charge in [0.15, 0.2) is 0 Å². The predicted octanol–water partition coefficient (Wildman–Crippen LogP) is 5.22. The Balaban J connectivity index is -0.00000192. The molecule has 27 heavy (non-hydrogen) atoms. The van der Waals surface area contributed by atoms with Crippen LogP contribution in [0.2, 0.25) is 0 Å². The second-order valence-corrected chi connectivity index (χ2v) is 7.67. The first-order valence-electron chi connectivity index (χ1n) is 10.1. The molecule has 1 saturated carbocycles. The van der Waals surface area contributed by atoms with Crippen LogP contribution in [0.15, 0.2) is 0 Å². The Kier molecular flexibility index (Phi) is 19.3. The second-order valence-electron chi connectivity index (χ2n) is 7.67. The van der Waals surface area contributed by atoms with E-state index in [4.69, 9.17) is 0 Å². The van der Waals surface area contributed by atoms with Gasteiger partial charge in [0, 0.05) is 24.9 Å². The van der Waals surface area contributed by atoms with Gasteiger partial charge in [-0.3, -0.25) is 9.59 Å². The molecule has 0 aliphatic heterocycles. The molecule has 2 N–H and O–H groups in total. The molecule has 0 radical (unpaired) electrons. The van der Waals surface area contributed by atoms with Gasteiger partial charge in [-0.25, -0.2) is 0 Å². The molecule has 0 spiro atoms. The van der Waals surface area contributed by atoms with Crippen LogP contribution in [0.1, 0.15) is 98.3 Å². The van der Waals surface area contributed by atoms with Crippen LogP contribution >= 0.6 is 0 Å². The maximum Gasteiger partial charge on any atom is 2.00 e. The normalized spacial score (nSPS) is 20.3. The van der Waals surface area contributed by atoms with Crippen LogP contribution < -0.4 is 10.6 Å². The number of rotatable bonds is 10. The molecular weight excluding hydrogens is 372 g/mol. The molecule has 0 aromatic carbocycles. The largest absolute Gasteiger partial charge is 2.00 e. The maximum atomic E-state index is 12.1. The molecule has 2 atom stereocenters. The molecule has 5 heteroatoms. The third kappa shape index (κ3) is 11.3. The summed E-state index contributed by atoms with van der Waals surface area (Å²) in [6.07, 6.45) is 10.6. The van der Waals surface area contributed by atoms with Crippen molar-refractivity contribution in [1.29, 1.82) is 0 Å². The Bertz CT molecular complexity index is 366. The molecule has 0 aromatic rings. The smallest absolute Gasteiger partial charge is 0.358 e. The minimum absolute atomic E-state index is 0. The van der Waals surface area contributed by atoms with Crippen molar-refractivity contribution < 1.29 is 31.3 Å². The van der Waals surface area contributed by atoms with Gasteiger partial charge in [0.1, 0.15) is 0 Å². The Hall–Kier alpha value is -0.346. The molecule has 0 heterocycles. The van der Waals surface area contributed by atoms with E-state index in [1.165, 1.54) is 12.8 Å². The van der Waals surface area contributed by atoms with E-state index in [0.29, 0.717) is 12.8 Å². The standard InChI is InChI=1S/C20H38N2O2.2CH3.Ti/c1-5-9-18(23)21-16-13-17(22-19(24)10-6-2)15-20(14-16,11-7-3)12-8-4;;;/h16-17H,5-15H2,1-4H3,(H,21,23)(H,22,24);2*1H3;/q;2*-1;+2. The molecule has 2 amide bonds. The molecule has 0 bridgehead atoms. The molecule has 0 saturated heterocycles. The fourth-order valence-electron chi connectivity index (χ4n) is 4.51. The first kappa shape index (κ1) is 31.4.